The highest BCUT2D eigenvalue weighted by atomic mass is 28.4. The molecule has 0 bridgehead atoms. The third-order valence-electron chi connectivity index (χ3n) is 5.21. The molecule has 0 aromatic rings. The first-order valence-electron chi connectivity index (χ1n) is 7.58. The first-order valence-corrected chi connectivity index (χ1v) is 10.5. The van der Waals surface area contributed by atoms with Crippen LogP contribution in [0.4, 0.5) is 0 Å². The second kappa shape index (κ2) is 6.11. The van der Waals surface area contributed by atoms with E-state index in [1.807, 2.05) is 0 Å². The van der Waals surface area contributed by atoms with Crippen LogP contribution in [-0.2, 0) is 4.43 Å². The van der Waals surface area contributed by atoms with Gasteiger partial charge in [-0.15, -0.1) is 0 Å². The molecule has 1 atom stereocenters. The van der Waals surface area contributed by atoms with Crippen LogP contribution in [0, 0.1) is 5.41 Å². The van der Waals surface area contributed by atoms with Crippen molar-refractivity contribution < 1.29 is 9.53 Å². The van der Waals surface area contributed by atoms with Gasteiger partial charge < -0.3 is 9.53 Å². The Hall–Kier alpha value is -0.123. The molecule has 1 aliphatic rings. The van der Waals surface area contributed by atoms with Crippen molar-refractivity contribution in [1.29, 1.82) is 0 Å². The van der Waals surface area contributed by atoms with E-state index in [0.717, 1.165) is 25.9 Å². The van der Waals surface area contributed by atoms with Gasteiger partial charge in [0.15, 0.2) is 8.32 Å². The zero-order valence-corrected chi connectivity index (χ0v) is 14.5. The van der Waals surface area contributed by atoms with Crippen LogP contribution >= 0.6 is 0 Å². The van der Waals surface area contributed by atoms with E-state index in [1.165, 1.54) is 18.4 Å². The smallest absolute Gasteiger partial charge is 0.192 e. The van der Waals surface area contributed by atoms with Crippen LogP contribution in [0.1, 0.15) is 52.9 Å². The molecule has 0 radical (unpaired) electrons. The monoisotopic (exact) mass is 284 g/mol. The van der Waals surface area contributed by atoms with Crippen molar-refractivity contribution in [3.8, 4) is 0 Å². The van der Waals surface area contributed by atoms with Gasteiger partial charge in [0, 0.05) is 18.6 Å². The average Bonchev–Trinajstić information content (AvgIpc) is 2.65. The van der Waals surface area contributed by atoms with Gasteiger partial charge in [0.25, 0.3) is 0 Å². The van der Waals surface area contributed by atoms with Crippen LogP contribution in [0.15, 0.2) is 12.2 Å². The van der Waals surface area contributed by atoms with Gasteiger partial charge in [-0.1, -0.05) is 32.9 Å². The van der Waals surface area contributed by atoms with E-state index in [2.05, 4.69) is 40.4 Å². The van der Waals surface area contributed by atoms with Gasteiger partial charge in [-0.05, 0) is 50.2 Å². The molecule has 19 heavy (non-hydrogen) atoms. The van der Waals surface area contributed by atoms with Gasteiger partial charge in [-0.25, -0.2) is 0 Å². The lowest BCUT2D eigenvalue weighted by Gasteiger charge is -2.40. The van der Waals surface area contributed by atoms with Crippen molar-refractivity contribution in [3.63, 3.8) is 0 Å². The molecule has 0 heterocycles. The molecule has 1 fully saturated rings. The van der Waals surface area contributed by atoms with Crippen LogP contribution < -0.4 is 0 Å². The maximum atomic E-state index is 9.12. The minimum atomic E-state index is -1.69. The van der Waals surface area contributed by atoms with Gasteiger partial charge in [0.1, 0.15) is 0 Å². The summed E-state index contributed by atoms with van der Waals surface area (Å²) in [5.41, 5.74) is 1.48. The van der Waals surface area contributed by atoms with Crippen LogP contribution in [0.3, 0.4) is 0 Å². The number of aliphatic hydroxyl groups is 1. The molecule has 0 aromatic carbocycles. The van der Waals surface area contributed by atoms with Crippen LogP contribution in [-0.4, -0.2) is 26.6 Å². The Kier molecular flexibility index (Phi) is 5.44. The lowest BCUT2D eigenvalue weighted by atomic mass is 9.79. The fraction of sp³-hybridized carbons (Fsp3) is 0.875. The quantitative estimate of drug-likeness (QED) is 0.574. The standard InChI is InChI=1S/C16H32O2Si/c1-14-9-7-10-16(14,11-8-12-17)13-18-19(5,6)15(2,3)4/h17H,1,7-13H2,2-6H3. The summed E-state index contributed by atoms with van der Waals surface area (Å²) in [4.78, 5) is 0. The van der Waals surface area contributed by atoms with Gasteiger partial charge in [-0.2, -0.15) is 0 Å². The summed E-state index contributed by atoms with van der Waals surface area (Å²) in [5, 5.41) is 9.38. The second-order valence-corrected chi connectivity index (χ2v) is 12.4. The molecule has 3 heteroatoms. The summed E-state index contributed by atoms with van der Waals surface area (Å²) in [6.07, 6.45) is 5.43. The summed E-state index contributed by atoms with van der Waals surface area (Å²) >= 11 is 0. The first-order chi connectivity index (χ1) is 8.65. The van der Waals surface area contributed by atoms with E-state index in [0.29, 0.717) is 0 Å². The second-order valence-electron chi connectivity index (χ2n) is 7.61. The lowest BCUT2D eigenvalue weighted by Crippen LogP contribution is -2.44. The Morgan fingerprint density at radius 3 is 2.42 bits per heavy atom. The molecular weight excluding hydrogens is 252 g/mol. The van der Waals surface area contributed by atoms with E-state index in [-0.39, 0.29) is 17.1 Å². The summed E-state index contributed by atoms with van der Waals surface area (Å²) in [6, 6.07) is 0. The molecule has 0 saturated heterocycles. The Bertz CT molecular complexity index is 317. The summed E-state index contributed by atoms with van der Waals surface area (Å²) in [7, 11) is -1.69. The van der Waals surface area contributed by atoms with Crippen LogP contribution in [0.2, 0.25) is 18.1 Å². The Balaban J connectivity index is 2.72. The number of hydrogen-bond donors (Lipinski definition) is 1. The van der Waals surface area contributed by atoms with E-state index >= 15 is 0 Å². The van der Waals surface area contributed by atoms with Gasteiger partial charge in [0.2, 0.25) is 0 Å². The minimum absolute atomic E-state index is 0.137. The van der Waals surface area contributed by atoms with Crippen molar-refractivity contribution >= 4 is 8.32 Å². The molecule has 1 saturated carbocycles. The highest BCUT2D eigenvalue weighted by molar-refractivity contribution is 6.74. The van der Waals surface area contributed by atoms with Crippen molar-refractivity contribution in [1.82, 2.24) is 0 Å². The Labute approximate surface area is 120 Å². The molecule has 2 nitrogen and oxygen atoms in total. The predicted molar refractivity (Wildman–Crippen MR) is 84.9 cm³/mol. The maximum Gasteiger partial charge on any atom is 0.192 e. The van der Waals surface area contributed by atoms with E-state index in [4.69, 9.17) is 9.53 Å². The highest BCUT2D eigenvalue weighted by Crippen LogP contribution is 2.47. The summed E-state index contributed by atoms with van der Waals surface area (Å²) < 4.78 is 6.45. The van der Waals surface area contributed by atoms with Gasteiger partial charge in [0.05, 0.1) is 0 Å². The molecule has 0 aromatic heterocycles. The van der Waals surface area contributed by atoms with Crippen molar-refractivity contribution in [2.75, 3.05) is 13.2 Å². The summed E-state index contributed by atoms with van der Waals surface area (Å²) in [6.45, 7) is 16.8. The molecule has 0 aliphatic heterocycles. The molecule has 1 rings (SSSR count). The summed E-state index contributed by atoms with van der Waals surface area (Å²) in [5.74, 6) is 0. The normalized spacial score (nSPS) is 25.1. The number of aliphatic hydroxyl groups excluding tert-OH is 1. The van der Waals surface area contributed by atoms with E-state index < -0.39 is 8.32 Å². The number of hydrogen-bond acceptors (Lipinski definition) is 2. The third kappa shape index (κ3) is 3.93. The lowest BCUT2D eigenvalue weighted by molar-refractivity contribution is 0.146. The molecule has 112 valence electrons. The molecule has 1 N–H and O–H groups in total. The van der Waals surface area contributed by atoms with Crippen molar-refractivity contribution in [3.05, 3.63) is 12.2 Å². The fourth-order valence-corrected chi connectivity index (χ4v) is 3.65. The van der Waals surface area contributed by atoms with E-state index in [1.54, 1.807) is 0 Å². The minimum Gasteiger partial charge on any atom is -0.416 e. The zero-order valence-electron chi connectivity index (χ0n) is 13.5. The van der Waals surface area contributed by atoms with Crippen molar-refractivity contribution in [2.45, 2.75) is 71.0 Å². The topological polar surface area (TPSA) is 29.5 Å². The first kappa shape index (κ1) is 16.9. The predicted octanol–water partition coefficient (Wildman–Crippen LogP) is 4.51. The zero-order chi connectivity index (χ0) is 14.7. The van der Waals surface area contributed by atoms with Crippen LogP contribution in [0.25, 0.3) is 0 Å². The molecular formula is C16H32O2Si. The fourth-order valence-electron chi connectivity index (χ4n) is 2.58. The molecule has 0 spiro atoms. The van der Waals surface area contributed by atoms with Gasteiger partial charge >= 0.3 is 0 Å². The third-order valence-corrected chi connectivity index (χ3v) is 9.69. The molecule has 0 amide bonds. The largest absolute Gasteiger partial charge is 0.416 e. The molecule has 1 unspecified atom stereocenters. The average molecular weight is 285 g/mol. The van der Waals surface area contributed by atoms with Gasteiger partial charge in [-0.3, -0.25) is 0 Å². The van der Waals surface area contributed by atoms with E-state index in [9.17, 15) is 0 Å². The van der Waals surface area contributed by atoms with Crippen LogP contribution in [0.5, 0.6) is 0 Å². The Morgan fingerprint density at radius 1 is 1.37 bits per heavy atom. The maximum absolute atomic E-state index is 9.12. The Morgan fingerprint density at radius 2 is 2.00 bits per heavy atom. The highest BCUT2D eigenvalue weighted by Gasteiger charge is 2.42. The van der Waals surface area contributed by atoms with Crippen molar-refractivity contribution in [2.24, 2.45) is 5.41 Å². The molecule has 1 aliphatic carbocycles. The number of rotatable bonds is 6. The SMILES string of the molecule is C=C1CCCC1(CCCO)CO[Si](C)(C)C(C)(C)C.